The summed E-state index contributed by atoms with van der Waals surface area (Å²) in [6, 6.07) is 9.57. The number of nitrogens with zero attached hydrogens (tertiary/aromatic N) is 3. The molecule has 3 nitrogen and oxygen atoms in total. The molecule has 0 fully saturated rings. The second-order valence-electron chi connectivity index (χ2n) is 4.78. The van der Waals surface area contributed by atoms with Crippen LogP contribution in [0.2, 0.25) is 10.0 Å². The summed E-state index contributed by atoms with van der Waals surface area (Å²) in [6.45, 7) is 2.75. The molecule has 0 aliphatic heterocycles. The van der Waals surface area contributed by atoms with Crippen LogP contribution in [0, 0.1) is 6.92 Å². The third kappa shape index (κ3) is 3.61. The lowest BCUT2D eigenvalue weighted by atomic mass is 10.1. The van der Waals surface area contributed by atoms with E-state index in [2.05, 4.69) is 20.6 Å². The fourth-order valence-electron chi connectivity index (χ4n) is 2.11. The topological polar surface area (TPSA) is 30.7 Å². The Morgan fingerprint density at radius 1 is 1.05 bits per heavy atom. The molecule has 0 amide bonds. The van der Waals surface area contributed by atoms with Gasteiger partial charge in [0.1, 0.15) is 5.82 Å². The van der Waals surface area contributed by atoms with E-state index in [9.17, 15) is 0 Å². The van der Waals surface area contributed by atoms with Gasteiger partial charge in [0.25, 0.3) is 0 Å². The molecule has 0 saturated heterocycles. The Morgan fingerprint density at radius 2 is 1.86 bits per heavy atom. The third-order valence-corrected chi connectivity index (χ3v) is 4.06. The predicted molar refractivity (Wildman–Crippen MR) is 93.0 cm³/mol. The van der Waals surface area contributed by atoms with Gasteiger partial charge in [0.15, 0.2) is 0 Å². The summed E-state index contributed by atoms with van der Waals surface area (Å²) >= 11 is 12.0. The van der Waals surface area contributed by atoms with Gasteiger partial charge in [-0.15, -0.1) is 12.4 Å². The number of halogens is 3. The van der Waals surface area contributed by atoms with Crippen molar-refractivity contribution in [3.63, 3.8) is 0 Å². The molecule has 3 aromatic rings. The lowest BCUT2D eigenvalue weighted by Gasteiger charge is -2.07. The summed E-state index contributed by atoms with van der Waals surface area (Å²) in [4.78, 5) is 8.71. The highest BCUT2D eigenvalue weighted by atomic mass is 35.5. The maximum absolute atomic E-state index is 6.04. The van der Waals surface area contributed by atoms with Crippen molar-refractivity contribution in [3.8, 4) is 11.3 Å². The lowest BCUT2D eigenvalue weighted by Crippen LogP contribution is -2.01. The normalized spacial score (nSPS) is 10.3. The number of hydrogen-bond acceptors (Lipinski definition) is 2. The first-order valence-electron chi connectivity index (χ1n) is 6.51. The Labute approximate surface area is 145 Å². The van der Waals surface area contributed by atoms with Crippen LogP contribution in [0.15, 0.2) is 48.9 Å². The molecule has 0 atom stereocenters. The zero-order valence-corrected chi connectivity index (χ0v) is 14.2. The van der Waals surface area contributed by atoms with Crippen LogP contribution in [0.1, 0.15) is 11.4 Å². The van der Waals surface area contributed by atoms with Crippen molar-refractivity contribution in [2.75, 3.05) is 0 Å². The summed E-state index contributed by atoms with van der Waals surface area (Å²) in [5, 5.41) is 1.08. The highest BCUT2D eigenvalue weighted by Gasteiger charge is 2.04. The predicted octanol–water partition coefficient (Wildman–Crippen LogP) is 5.03. The number of aromatic nitrogens is 3. The molecule has 0 spiro atoms. The number of rotatable bonds is 3. The van der Waals surface area contributed by atoms with E-state index in [4.69, 9.17) is 23.2 Å². The van der Waals surface area contributed by atoms with Gasteiger partial charge in [-0.1, -0.05) is 35.3 Å². The number of aryl methyl sites for hydroxylation is 1. The highest BCUT2D eigenvalue weighted by molar-refractivity contribution is 6.42. The molecule has 0 radical (unpaired) electrons. The van der Waals surface area contributed by atoms with Crippen molar-refractivity contribution >= 4 is 35.6 Å². The lowest BCUT2D eigenvalue weighted by molar-refractivity contribution is 0.759. The summed E-state index contributed by atoms with van der Waals surface area (Å²) in [6.07, 6.45) is 5.63. The van der Waals surface area contributed by atoms with Crippen LogP contribution in [0.4, 0.5) is 0 Å². The van der Waals surface area contributed by atoms with Gasteiger partial charge >= 0.3 is 0 Å². The van der Waals surface area contributed by atoms with E-state index in [1.165, 1.54) is 0 Å². The SMILES string of the molecule is Cc1nccn1Cc1ccc(-c2ccc(Cl)c(Cl)c2)nc1.Cl. The number of benzene rings is 1. The maximum atomic E-state index is 6.04. The van der Waals surface area contributed by atoms with Crippen molar-refractivity contribution in [2.45, 2.75) is 13.5 Å². The zero-order valence-electron chi connectivity index (χ0n) is 11.8. The average Bonchev–Trinajstić information content (AvgIpc) is 2.88. The Morgan fingerprint density at radius 3 is 2.45 bits per heavy atom. The van der Waals surface area contributed by atoms with E-state index in [1.54, 1.807) is 12.3 Å². The van der Waals surface area contributed by atoms with E-state index in [-0.39, 0.29) is 12.4 Å². The van der Waals surface area contributed by atoms with E-state index in [0.29, 0.717) is 10.0 Å². The van der Waals surface area contributed by atoms with Gasteiger partial charge in [-0.05, 0) is 30.7 Å². The van der Waals surface area contributed by atoms with Crippen molar-refractivity contribution in [1.29, 1.82) is 0 Å². The fraction of sp³-hybridized carbons (Fsp3) is 0.125. The van der Waals surface area contributed by atoms with Crippen molar-refractivity contribution < 1.29 is 0 Å². The standard InChI is InChI=1S/C16H13Cl2N3.ClH/c1-11-19-6-7-21(11)10-12-2-5-16(20-9-12)13-3-4-14(17)15(18)8-13;/h2-9H,10H2,1H3;1H. The molecule has 0 unspecified atom stereocenters. The smallest absolute Gasteiger partial charge is 0.105 e. The number of imidazole rings is 1. The molecular formula is C16H14Cl3N3. The first kappa shape index (κ1) is 16.8. The minimum Gasteiger partial charge on any atom is -0.331 e. The van der Waals surface area contributed by atoms with Crippen LogP contribution in [-0.2, 0) is 6.54 Å². The molecule has 0 saturated carbocycles. The summed E-state index contributed by atoms with van der Waals surface area (Å²) in [5.74, 6) is 0.989. The molecule has 1 aromatic carbocycles. The molecule has 0 aliphatic carbocycles. The first-order chi connectivity index (χ1) is 10.1. The molecule has 0 N–H and O–H groups in total. The maximum Gasteiger partial charge on any atom is 0.105 e. The van der Waals surface area contributed by atoms with E-state index in [0.717, 1.165) is 29.2 Å². The van der Waals surface area contributed by atoms with E-state index in [1.807, 2.05) is 37.5 Å². The van der Waals surface area contributed by atoms with E-state index >= 15 is 0 Å². The number of pyridine rings is 1. The molecule has 6 heteroatoms. The van der Waals surface area contributed by atoms with Crippen molar-refractivity contribution in [3.05, 3.63) is 70.4 Å². The van der Waals surface area contributed by atoms with Crippen molar-refractivity contribution in [1.82, 2.24) is 14.5 Å². The fourth-order valence-corrected chi connectivity index (χ4v) is 2.41. The van der Waals surface area contributed by atoms with Gasteiger partial charge in [-0.3, -0.25) is 4.98 Å². The van der Waals surface area contributed by atoms with E-state index < -0.39 is 0 Å². The Hall–Kier alpha value is -1.55. The van der Waals surface area contributed by atoms with Gasteiger partial charge in [0.2, 0.25) is 0 Å². The summed E-state index contributed by atoms with van der Waals surface area (Å²) in [5.41, 5.74) is 2.95. The highest BCUT2D eigenvalue weighted by Crippen LogP contribution is 2.27. The molecular weight excluding hydrogens is 341 g/mol. The van der Waals surface area contributed by atoms with Gasteiger partial charge < -0.3 is 4.57 Å². The monoisotopic (exact) mass is 353 g/mol. The average molecular weight is 355 g/mol. The van der Waals surface area contributed by atoms with Crippen LogP contribution < -0.4 is 0 Å². The minimum absolute atomic E-state index is 0. The first-order valence-corrected chi connectivity index (χ1v) is 7.27. The van der Waals surface area contributed by atoms with Crippen molar-refractivity contribution in [2.24, 2.45) is 0 Å². The molecule has 114 valence electrons. The Balaban J connectivity index is 0.00000176. The van der Waals surface area contributed by atoms with Crippen LogP contribution in [0.25, 0.3) is 11.3 Å². The van der Waals surface area contributed by atoms with Crippen LogP contribution in [-0.4, -0.2) is 14.5 Å². The molecule has 0 aliphatic rings. The number of hydrogen-bond donors (Lipinski definition) is 0. The quantitative estimate of drug-likeness (QED) is 0.660. The molecule has 2 aromatic heterocycles. The van der Waals surface area contributed by atoms with Crippen LogP contribution in [0.5, 0.6) is 0 Å². The summed E-state index contributed by atoms with van der Waals surface area (Å²) < 4.78 is 2.08. The second-order valence-corrected chi connectivity index (χ2v) is 5.60. The van der Waals surface area contributed by atoms with Crippen LogP contribution in [0.3, 0.4) is 0 Å². The third-order valence-electron chi connectivity index (χ3n) is 3.32. The van der Waals surface area contributed by atoms with Gasteiger partial charge in [-0.2, -0.15) is 0 Å². The largest absolute Gasteiger partial charge is 0.331 e. The summed E-state index contributed by atoms with van der Waals surface area (Å²) in [7, 11) is 0. The van der Waals surface area contributed by atoms with Gasteiger partial charge in [-0.25, -0.2) is 4.98 Å². The second kappa shape index (κ2) is 7.14. The van der Waals surface area contributed by atoms with Gasteiger partial charge in [0, 0.05) is 24.2 Å². The molecule has 22 heavy (non-hydrogen) atoms. The minimum atomic E-state index is 0. The van der Waals surface area contributed by atoms with Crippen LogP contribution >= 0.6 is 35.6 Å². The Kier molecular flexibility index (Phi) is 5.46. The Bertz CT molecular complexity index is 767. The zero-order chi connectivity index (χ0) is 14.8. The molecule has 2 heterocycles. The molecule has 3 rings (SSSR count). The molecule has 0 bridgehead atoms. The van der Waals surface area contributed by atoms with Gasteiger partial charge in [0.05, 0.1) is 22.3 Å².